The van der Waals surface area contributed by atoms with Crippen molar-refractivity contribution in [2.75, 3.05) is 13.1 Å². The smallest absolute Gasteiger partial charge is 0.0967 e. The van der Waals surface area contributed by atoms with E-state index in [-0.39, 0.29) is 0 Å². The van der Waals surface area contributed by atoms with Gasteiger partial charge in [-0.2, -0.15) is 0 Å². The van der Waals surface area contributed by atoms with Crippen LogP contribution in [-0.4, -0.2) is 39.0 Å². The molecule has 0 radical (unpaired) electrons. The number of nitrogens with zero attached hydrogens (tertiary/aromatic N) is 4. The number of aromatic nitrogens is 3. The van der Waals surface area contributed by atoms with Crippen molar-refractivity contribution in [3.05, 3.63) is 11.9 Å². The van der Waals surface area contributed by atoms with Crippen LogP contribution < -0.4 is 5.73 Å². The second-order valence-electron chi connectivity index (χ2n) is 4.06. The average molecular weight is 209 g/mol. The van der Waals surface area contributed by atoms with E-state index in [1.54, 1.807) is 0 Å². The van der Waals surface area contributed by atoms with Gasteiger partial charge in [0.05, 0.1) is 12.2 Å². The molecule has 2 N–H and O–H groups in total. The number of nitrogens with two attached hydrogens (primary N) is 1. The minimum absolute atomic E-state index is 0.614. The first-order valence-corrected chi connectivity index (χ1v) is 5.66. The van der Waals surface area contributed by atoms with E-state index in [0.717, 1.165) is 31.4 Å². The van der Waals surface area contributed by atoms with Gasteiger partial charge >= 0.3 is 0 Å². The third-order valence-electron chi connectivity index (χ3n) is 2.78. The Kier molecular flexibility index (Phi) is 3.33. The Labute approximate surface area is 90.2 Å². The Morgan fingerprint density at radius 2 is 2.40 bits per heavy atom. The predicted octanol–water partition coefficient (Wildman–Crippen LogP) is 0.221. The minimum Gasteiger partial charge on any atom is -0.329 e. The van der Waals surface area contributed by atoms with Crippen molar-refractivity contribution in [2.45, 2.75) is 38.9 Å². The molecule has 5 heteroatoms. The van der Waals surface area contributed by atoms with Gasteiger partial charge in [0, 0.05) is 25.3 Å². The topological polar surface area (TPSA) is 60.0 Å². The maximum Gasteiger partial charge on any atom is 0.0967 e. The summed E-state index contributed by atoms with van der Waals surface area (Å²) in [7, 11) is 0. The highest BCUT2D eigenvalue weighted by Crippen LogP contribution is 2.27. The zero-order valence-electron chi connectivity index (χ0n) is 9.26. The molecular formula is C10H19N5. The van der Waals surface area contributed by atoms with Crippen LogP contribution in [-0.2, 0) is 13.1 Å². The molecule has 1 aromatic rings. The zero-order valence-corrected chi connectivity index (χ0v) is 9.26. The Balaban J connectivity index is 1.90. The quantitative estimate of drug-likeness (QED) is 0.728. The Hall–Kier alpha value is -0.940. The molecule has 0 aliphatic heterocycles. The lowest BCUT2D eigenvalue weighted by molar-refractivity contribution is 0.266. The van der Waals surface area contributed by atoms with Gasteiger partial charge in [-0.1, -0.05) is 12.1 Å². The first-order valence-electron chi connectivity index (χ1n) is 5.66. The largest absolute Gasteiger partial charge is 0.329 e. The van der Waals surface area contributed by atoms with E-state index in [4.69, 9.17) is 5.73 Å². The van der Waals surface area contributed by atoms with Crippen LogP contribution in [0.2, 0.25) is 0 Å². The third kappa shape index (κ3) is 2.76. The Morgan fingerprint density at radius 3 is 3.00 bits per heavy atom. The molecule has 1 aromatic heterocycles. The van der Waals surface area contributed by atoms with Crippen LogP contribution in [0.4, 0.5) is 0 Å². The number of rotatable bonds is 6. The summed E-state index contributed by atoms with van der Waals surface area (Å²) in [6, 6.07) is 0.787. The molecule has 1 saturated carbocycles. The fourth-order valence-corrected chi connectivity index (χ4v) is 1.80. The van der Waals surface area contributed by atoms with Crippen LogP contribution >= 0.6 is 0 Å². The number of hydrogen-bond donors (Lipinski definition) is 1. The highest BCUT2D eigenvalue weighted by Gasteiger charge is 2.28. The molecule has 84 valence electrons. The summed E-state index contributed by atoms with van der Waals surface area (Å²) in [5, 5.41) is 8.18. The monoisotopic (exact) mass is 209 g/mol. The summed E-state index contributed by atoms with van der Waals surface area (Å²) >= 11 is 0. The summed E-state index contributed by atoms with van der Waals surface area (Å²) in [4.78, 5) is 2.46. The van der Waals surface area contributed by atoms with Gasteiger partial charge in [0.25, 0.3) is 0 Å². The van der Waals surface area contributed by atoms with E-state index in [9.17, 15) is 0 Å². The molecular weight excluding hydrogens is 190 g/mol. The Morgan fingerprint density at radius 1 is 1.60 bits per heavy atom. The highest BCUT2D eigenvalue weighted by molar-refractivity contribution is 4.95. The van der Waals surface area contributed by atoms with Crippen molar-refractivity contribution in [1.29, 1.82) is 0 Å². The third-order valence-corrected chi connectivity index (χ3v) is 2.78. The molecule has 0 spiro atoms. The van der Waals surface area contributed by atoms with E-state index >= 15 is 0 Å². The lowest BCUT2D eigenvalue weighted by Gasteiger charge is -2.17. The van der Waals surface area contributed by atoms with Gasteiger partial charge in [0.1, 0.15) is 0 Å². The second kappa shape index (κ2) is 4.72. The SMILES string of the molecule is CCN(Cc1cn(CCN)nn1)C1CC1. The fraction of sp³-hybridized carbons (Fsp3) is 0.800. The van der Waals surface area contributed by atoms with Gasteiger partial charge in [-0.15, -0.1) is 5.10 Å². The normalized spacial score (nSPS) is 16.2. The van der Waals surface area contributed by atoms with Gasteiger partial charge in [0.2, 0.25) is 0 Å². The molecule has 0 bridgehead atoms. The van der Waals surface area contributed by atoms with Crippen LogP contribution in [0.5, 0.6) is 0 Å². The van der Waals surface area contributed by atoms with Gasteiger partial charge in [0.15, 0.2) is 0 Å². The standard InChI is InChI=1S/C10H19N5/c1-2-14(10-3-4-10)7-9-8-15(6-5-11)13-12-9/h8,10H,2-7,11H2,1H3. The molecule has 1 fully saturated rings. The second-order valence-corrected chi connectivity index (χ2v) is 4.06. The Bertz CT molecular complexity index is 305. The van der Waals surface area contributed by atoms with Crippen LogP contribution in [0.1, 0.15) is 25.5 Å². The fourth-order valence-electron chi connectivity index (χ4n) is 1.80. The van der Waals surface area contributed by atoms with E-state index < -0.39 is 0 Å². The lowest BCUT2D eigenvalue weighted by atomic mass is 10.4. The van der Waals surface area contributed by atoms with Gasteiger partial charge in [-0.05, 0) is 19.4 Å². The molecule has 1 aliphatic carbocycles. The molecule has 0 atom stereocenters. The van der Waals surface area contributed by atoms with E-state index in [1.165, 1.54) is 12.8 Å². The van der Waals surface area contributed by atoms with Crippen LogP contribution in [0.3, 0.4) is 0 Å². The van der Waals surface area contributed by atoms with Crippen molar-refractivity contribution in [1.82, 2.24) is 19.9 Å². The van der Waals surface area contributed by atoms with Crippen LogP contribution in [0.25, 0.3) is 0 Å². The van der Waals surface area contributed by atoms with Crippen molar-refractivity contribution >= 4 is 0 Å². The van der Waals surface area contributed by atoms with Crippen molar-refractivity contribution in [3.8, 4) is 0 Å². The highest BCUT2D eigenvalue weighted by atomic mass is 15.4. The molecule has 2 rings (SSSR count). The maximum absolute atomic E-state index is 5.46. The van der Waals surface area contributed by atoms with Gasteiger partial charge < -0.3 is 5.73 Å². The molecule has 0 aromatic carbocycles. The van der Waals surface area contributed by atoms with Crippen LogP contribution in [0.15, 0.2) is 6.20 Å². The molecule has 0 unspecified atom stereocenters. The van der Waals surface area contributed by atoms with Gasteiger partial charge in [-0.3, -0.25) is 9.58 Å². The van der Waals surface area contributed by atoms with E-state index in [2.05, 4.69) is 22.1 Å². The molecule has 5 nitrogen and oxygen atoms in total. The maximum atomic E-state index is 5.46. The zero-order chi connectivity index (χ0) is 10.7. The van der Waals surface area contributed by atoms with E-state index in [0.29, 0.717) is 6.54 Å². The first kappa shape index (κ1) is 10.6. The van der Waals surface area contributed by atoms with Gasteiger partial charge in [-0.25, -0.2) is 0 Å². The number of hydrogen-bond acceptors (Lipinski definition) is 4. The lowest BCUT2D eigenvalue weighted by Crippen LogP contribution is -2.25. The van der Waals surface area contributed by atoms with Crippen molar-refractivity contribution < 1.29 is 0 Å². The average Bonchev–Trinajstić information content (AvgIpc) is 2.98. The summed E-state index contributed by atoms with van der Waals surface area (Å²) in [6.45, 7) is 5.58. The molecule has 1 aliphatic rings. The summed E-state index contributed by atoms with van der Waals surface area (Å²) in [5.74, 6) is 0. The minimum atomic E-state index is 0.614. The molecule has 0 saturated heterocycles. The molecule has 0 amide bonds. The van der Waals surface area contributed by atoms with E-state index in [1.807, 2.05) is 10.9 Å². The summed E-state index contributed by atoms with van der Waals surface area (Å²) in [5.41, 5.74) is 6.51. The van der Waals surface area contributed by atoms with Crippen LogP contribution in [0, 0.1) is 0 Å². The van der Waals surface area contributed by atoms with Crippen molar-refractivity contribution in [2.24, 2.45) is 5.73 Å². The molecule has 15 heavy (non-hydrogen) atoms. The van der Waals surface area contributed by atoms with Crippen molar-refractivity contribution in [3.63, 3.8) is 0 Å². The molecule has 1 heterocycles. The summed E-state index contributed by atoms with van der Waals surface area (Å²) in [6.07, 6.45) is 4.67. The first-order chi connectivity index (χ1) is 7.33. The summed E-state index contributed by atoms with van der Waals surface area (Å²) < 4.78 is 1.82. The predicted molar refractivity (Wildman–Crippen MR) is 58.2 cm³/mol.